The quantitative estimate of drug-likeness (QED) is 0.0412. The van der Waals surface area contributed by atoms with Crippen molar-refractivity contribution in [3.63, 3.8) is 0 Å². The number of benzene rings is 4. The highest BCUT2D eigenvalue weighted by Gasteiger charge is 2.39. The zero-order chi connectivity index (χ0) is 47.2. The van der Waals surface area contributed by atoms with E-state index in [0.717, 1.165) is 35.4 Å². The van der Waals surface area contributed by atoms with Gasteiger partial charge in [0, 0.05) is 26.1 Å². The van der Waals surface area contributed by atoms with E-state index in [2.05, 4.69) is 31.9 Å². The summed E-state index contributed by atoms with van der Waals surface area (Å²) in [5.74, 6) is 0.0420. The molecule has 0 aliphatic rings. The zero-order valence-electron chi connectivity index (χ0n) is 36.6. The summed E-state index contributed by atoms with van der Waals surface area (Å²) >= 11 is 6.95. The molecule has 0 amide bonds. The van der Waals surface area contributed by atoms with E-state index < -0.39 is 58.8 Å². The molecule has 0 saturated heterocycles. The van der Waals surface area contributed by atoms with Crippen LogP contribution < -0.4 is 9.47 Å². The molecular weight excluding hydrogens is 978 g/mol. The third-order valence-corrected chi connectivity index (χ3v) is 10.8. The fourth-order valence-electron chi connectivity index (χ4n) is 6.79. The van der Waals surface area contributed by atoms with E-state index in [1.807, 2.05) is 0 Å². The second kappa shape index (κ2) is 24.4. The largest absolute Gasteiger partial charge is 0.492 e. The summed E-state index contributed by atoms with van der Waals surface area (Å²) < 4.78 is 122. The number of hydrogen-bond acceptors (Lipinski definition) is 8. The summed E-state index contributed by atoms with van der Waals surface area (Å²) in [6.45, 7) is 11.5. The number of hydrogen-bond donors (Lipinski definition) is 0. The number of rotatable bonds is 23. The van der Waals surface area contributed by atoms with Crippen LogP contribution in [-0.4, -0.2) is 62.8 Å². The Morgan fingerprint density at radius 3 is 1.22 bits per heavy atom. The van der Waals surface area contributed by atoms with Crippen molar-refractivity contribution in [2.24, 2.45) is 0 Å². The smallest absolute Gasteiger partial charge is 0.417 e. The summed E-state index contributed by atoms with van der Waals surface area (Å²) in [6.07, 6.45) is -10.5. The Hall–Kier alpha value is -4.12. The van der Waals surface area contributed by atoms with Crippen LogP contribution in [0.3, 0.4) is 0 Å². The Labute approximate surface area is 387 Å². The molecule has 0 bridgehead atoms. The van der Waals surface area contributed by atoms with E-state index in [1.54, 1.807) is 77.9 Å². The van der Waals surface area contributed by atoms with E-state index in [1.165, 1.54) is 12.1 Å². The first-order chi connectivity index (χ1) is 30.2. The average Bonchev–Trinajstić information content (AvgIpc) is 3.21. The molecule has 0 saturated carbocycles. The number of carbonyl (C=O) groups is 2. The lowest BCUT2D eigenvalue weighted by Crippen LogP contribution is -2.30. The van der Waals surface area contributed by atoms with E-state index in [4.69, 9.17) is 28.4 Å². The highest BCUT2D eigenvalue weighted by molar-refractivity contribution is 9.11. The molecule has 2 unspecified atom stereocenters. The second-order valence-electron chi connectivity index (χ2n) is 15.5. The highest BCUT2D eigenvalue weighted by Crippen LogP contribution is 2.43. The van der Waals surface area contributed by atoms with Gasteiger partial charge in [0.2, 0.25) is 0 Å². The van der Waals surface area contributed by atoms with Crippen LogP contribution in [0.5, 0.6) is 11.5 Å². The van der Waals surface area contributed by atoms with E-state index in [-0.39, 0.29) is 62.2 Å². The van der Waals surface area contributed by atoms with Gasteiger partial charge in [-0.15, -0.1) is 0 Å². The third-order valence-electron chi connectivity index (χ3n) is 9.60. The zero-order valence-corrected chi connectivity index (χ0v) is 39.8. The minimum absolute atomic E-state index is 0.144. The van der Waals surface area contributed by atoms with Crippen LogP contribution in [0.15, 0.2) is 81.7 Å². The lowest BCUT2D eigenvalue weighted by Gasteiger charge is -2.20. The van der Waals surface area contributed by atoms with Gasteiger partial charge in [0.1, 0.15) is 11.5 Å². The molecular formula is C48H54Br2F6O8. The molecule has 0 radical (unpaired) electrons. The van der Waals surface area contributed by atoms with Gasteiger partial charge in [0.05, 0.1) is 45.5 Å². The van der Waals surface area contributed by atoms with Crippen molar-refractivity contribution in [2.45, 2.75) is 117 Å². The van der Waals surface area contributed by atoms with Crippen molar-refractivity contribution in [3.05, 3.63) is 115 Å². The van der Waals surface area contributed by atoms with Gasteiger partial charge in [-0.3, -0.25) is 0 Å². The van der Waals surface area contributed by atoms with Crippen molar-refractivity contribution in [3.8, 4) is 22.6 Å². The van der Waals surface area contributed by atoms with Crippen molar-refractivity contribution in [1.82, 2.24) is 0 Å². The Morgan fingerprint density at radius 2 is 0.906 bits per heavy atom. The number of halogens is 8. The first-order valence-corrected chi connectivity index (χ1v) is 22.7. The van der Waals surface area contributed by atoms with Crippen LogP contribution in [0.2, 0.25) is 0 Å². The van der Waals surface area contributed by atoms with Crippen molar-refractivity contribution >= 4 is 43.8 Å². The summed E-state index contributed by atoms with van der Waals surface area (Å²) in [5, 5.41) is 0. The van der Waals surface area contributed by atoms with Gasteiger partial charge in [-0.25, -0.2) is 9.59 Å². The molecule has 350 valence electrons. The van der Waals surface area contributed by atoms with Crippen molar-refractivity contribution in [1.29, 1.82) is 0 Å². The van der Waals surface area contributed by atoms with Gasteiger partial charge in [-0.05, 0) is 169 Å². The number of alkyl halides is 6. The topological polar surface area (TPSA) is 89.5 Å². The van der Waals surface area contributed by atoms with Crippen molar-refractivity contribution < 1.29 is 64.4 Å². The maximum absolute atomic E-state index is 14.5. The molecule has 4 rings (SSSR count). The maximum atomic E-state index is 14.5. The van der Waals surface area contributed by atoms with Crippen LogP contribution in [0.1, 0.15) is 87.8 Å². The Balaban J connectivity index is 1.38. The Morgan fingerprint density at radius 1 is 0.547 bits per heavy atom. The minimum Gasteiger partial charge on any atom is -0.492 e. The van der Waals surface area contributed by atoms with Gasteiger partial charge < -0.3 is 28.4 Å². The monoisotopic (exact) mass is 1030 g/mol. The second-order valence-corrected chi connectivity index (χ2v) is 17.2. The van der Waals surface area contributed by atoms with Gasteiger partial charge in [-0.2, -0.15) is 26.3 Å². The van der Waals surface area contributed by atoms with E-state index in [9.17, 15) is 35.9 Å². The molecule has 8 nitrogen and oxygen atoms in total. The molecule has 2 atom stereocenters. The molecule has 0 aromatic heterocycles. The molecule has 0 aliphatic heterocycles. The van der Waals surface area contributed by atoms with Crippen LogP contribution in [-0.2, 0) is 66.6 Å². The Kier molecular flexibility index (Phi) is 20.0. The summed E-state index contributed by atoms with van der Waals surface area (Å²) in [5.41, 5.74) is -1.32. The molecule has 0 heterocycles. The summed E-state index contributed by atoms with van der Waals surface area (Å²) in [6, 6.07) is 17.3. The standard InChI is InChI=1S/C48H54Br2F6O8/c1-7-59-43(45(57)63-29(3)4)27-33-15-19-41(39(49)25-33)61-21-9-11-31-13-17-35(37(23-31)47(51,52)53)36-18-14-32(24-38(36)48(54,55)56)12-10-22-62-42-20-16-34(26-40(42)50)28-44(60-8-2)46(58)64-30(5)6/h13-20,23-26,29-30,43-44H,7-12,21-22,27-28H2,1-6H3. The fraction of sp³-hybridized carbons (Fsp3) is 0.458. The lowest BCUT2D eigenvalue weighted by atomic mass is 9.91. The minimum atomic E-state index is -4.93. The summed E-state index contributed by atoms with van der Waals surface area (Å²) in [7, 11) is 0. The van der Waals surface area contributed by atoms with E-state index >= 15 is 0 Å². The fourth-order valence-corrected chi connectivity index (χ4v) is 7.88. The van der Waals surface area contributed by atoms with Crippen LogP contribution in [0.25, 0.3) is 11.1 Å². The molecule has 64 heavy (non-hydrogen) atoms. The van der Waals surface area contributed by atoms with Crippen LogP contribution in [0, 0.1) is 0 Å². The summed E-state index contributed by atoms with van der Waals surface area (Å²) in [4.78, 5) is 24.9. The predicted molar refractivity (Wildman–Crippen MR) is 238 cm³/mol. The number of carbonyl (C=O) groups excluding carboxylic acids is 2. The maximum Gasteiger partial charge on any atom is 0.417 e. The predicted octanol–water partition coefficient (Wildman–Crippen LogP) is 12.7. The lowest BCUT2D eigenvalue weighted by molar-refractivity contribution is -0.161. The highest BCUT2D eigenvalue weighted by atomic mass is 79.9. The molecule has 4 aromatic carbocycles. The normalized spacial score (nSPS) is 12.9. The SMILES string of the molecule is CCOC(Cc1ccc(OCCCc2ccc(-c3ccc(CCCOc4ccc(CC(OCC)C(=O)OC(C)C)cc4Br)cc3C(F)(F)F)c(C(F)(F)F)c2)c(Br)c1)C(=O)OC(C)C. The van der Waals surface area contributed by atoms with Gasteiger partial charge in [0.25, 0.3) is 0 Å². The first-order valence-electron chi connectivity index (χ1n) is 21.1. The van der Waals surface area contributed by atoms with Gasteiger partial charge >= 0.3 is 24.3 Å². The average molecular weight is 1030 g/mol. The van der Waals surface area contributed by atoms with Crippen LogP contribution >= 0.6 is 31.9 Å². The molecule has 0 N–H and O–H groups in total. The number of ether oxygens (including phenoxy) is 6. The van der Waals surface area contributed by atoms with E-state index in [0.29, 0.717) is 46.5 Å². The van der Waals surface area contributed by atoms with Crippen LogP contribution in [0.4, 0.5) is 26.3 Å². The molecule has 0 fully saturated rings. The molecule has 0 spiro atoms. The molecule has 4 aromatic rings. The van der Waals surface area contributed by atoms with Gasteiger partial charge in [-0.1, -0.05) is 36.4 Å². The first kappa shape index (κ1) is 52.5. The van der Waals surface area contributed by atoms with Gasteiger partial charge in [0.15, 0.2) is 12.2 Å². The number of esters is 2. The van der Waals surface area contributed by atoms with Crippen molar-refractivity contribution in [2.75, 3.05) is 26.4 Å². The Bertz CT molecular complexity index is 2010. The molecule has 16 heteroatoms. The molecule has 0 aliphatic carbocycles. The third kappa shape index (κ3) is 16.1. The number of aryl methyl sites for hydroxylation is 2.